The summed E-state index contributed by atoms with van der Waals surface area (Å²) in [6.07, 6.45) is -0.209. The van der Waals surface area contributed by atoms with Gasteiger partial charge in [-0.1, -0.05) is 22.9 Å². The number of hydrogen-bond donors (Lipinski definition) is 3. The molecule has 0 bridgehead atoms. The summed E-state index contributed by atoms with van der Waals surface area (Å²) >= 11 is 7.05. The second kappa shape index (κ2) is 7.84. The Balaban J connectivity index is 1.48. The number of rotatable bonds is 6. The first-order valence-corrected chi connectivity index (χ1v) is 10.0. The van der Waals surface area contributed by atoms with E-state index < -0.39 is 17.9 Å². The van der Waals surface area contributed by atoms with Crippen molar-refractivity contribution in [3.8, 4) is 0 Å². The Hall–Kier alpha value is -3.31. The van der Waals surface area contributed by atoms with Gasteiger partial charge in [0.1, 0.15) is 16.9 Å². The van der Waals surface area contributed by atoms with Gasteiger partial charge in [0.25, 0.3) is 5.56 Å². The monoisotopic (exact) mass is 446 g/mol. The van der Waals surface area contributed by atoms with E-state index in [4.69, 9.17) is 11.6 Å². The third-order valence-electron chi connectivity index (χ3n) is 4.25. The van der Waals surface area contributed by atoms with Crippen molar-refractivity contribution in [1.29, 1.82) is 0 Å². The van der Waals surface area contributed by atoms with Gasteiger partial charge < -0.3 is 15.4 Å². The molecule has 0 aliphatic heterocycles. The van der Waals surface area contributed by atoms with Crippen LogP contribution in [0.3, 0.4) is 0 Å². The molecule has 30 heavy (non-hydrogen) atoms. The molecule has 4 aromatic rings. The Labute approximate surface area is 177 Å². The van der Waals surface area contributed by atoms with Crippen molar-refractivity contribution in [2.24, 2.45) is 0 Å². The molecule has 1 aromatic carbocycles. The van der Waals surface area contributed by atoms with E-state index in [9.17, 15) is 19.5 Å². The molecular formula is C18H15ClN6O4S. The van der Waals surface area contributed by atoms with E-state index in [2.05, 4.69) is 25.4 Å². The lowest BCUT2D eigenvalue weighted by atomic mass is 10.2. The molecule has 3 N–H and O–H groups in total. The number of H-pyrrole nitrogens is 1. The van der Waals surface area contributed by atoms with Gasteiger partial charge in [-0.3, -0.25) is 9.59 Å². The number of aliphatic carboxylic acids is 1. The predicted octanol–water partition coefficient (Wildman–Crippen LogP) is 1.34. The molecule has 154 valence electrons. The smallest absolute Gasteiger partial charge is 0.326 e. The van der Waals surface area contributed by atoms with Crippen LogP contribution in [0.25, 0.3) is 16.0 Å². The number of nitrogens with zero attached hydrogens (tertiary/aromatic N) is 4. The van der Waals surface area contributed by atoms with E-state index >= 15 is 0 Å². The van der Waals surface area contributed by atoms with Crippen LogP contribution < -0.4 is 10.9 Å². The first-order valence-electron chi connectivity index (χ1n) is 8.81. The van der Waals surface area contributed by atoms with Gasteiger partial charge in [0.2, 0.25) is 10.9 Å². The summed E-state index contributed by atoms with van der Waals surface area (Å²) in [6.45, 7) is 1.69. The van der Waals surface area contributed by atoms with Crippen molar-refractivity contribution in [1.82, 2.24) is 29.9 Å². The maximum Gasteiger partial charge on any atom is 0.326 e. The van der Waals surface area contributed by atoms with Crippen LogP contribution in [-0.2, 0) is 22.4 Å². The lowest BCUT2D eigenvalue weighted by Gasteiger charge is -2.12. The summed E-state index contributed by atoms with van der Waals surface area (Å²) in [5, 5.41) is 16.9. The Bertz CT molecular complexity index is 1340. The number of imidazole rings is 1. The van der Waals surface area contributed by atoms with E-state index in [0.29, 0.717) is 37.5 Å². The molecule has 0 saturated heterocycles. The third-order valence-corrected chi connectivity index (χ3v) is 5.39. The normalized spacial score (nSPS) is 12.3. The van der Waals surface area contributed by atoms with Crippen molar-refractivity contribution < 1.29 is 14.7 Å². The zero-order chi connectivity index (χ0) is 21.4. The second-order valence-electron chi connectivity index (χ2n) is 6.61. The zero-order valence-electron chi connectivity index (χ0n) is 15.5. The number of carboxylic acid groups (broad SMARTS) is 1. The number of benzene rings is 1. The van der Waals surface area contributed by atoms with Crippen LogP contribution >= 0.6 is 22.9 Å². The fourth-order valence-corrected chi connectivity index (χ4v) is 4.05. The number of carboxylic acids is 1. The van der Waals surface area contributed by atoms with E-state index in [1.54, 1.807) is 25.1 Å². The summed E-state index contributed by atoms with van der Waals surface area (Å²) in [4.78, 5) is 47.9. The Morgan fingerprint density at radius 2 is 2.13 bits per heavy atom. The molecule has 4 rings (SSSR count). The lowest BCUT2D eigenvalue weighted by Crippen LogP contribution is -2.43. The number of aromatic nitrogens is 5. The fourth-order valence-electron chi connectivity index (χ4n) is 2.94. The van der Waals surface area contributed by atoms with Gasteiger partial charge in [0, 0.05) is 23.2 Å². The number of fused-ring (bicyclic) bond motifs is 2. The first-order chi connectivity index (χ1) is 14.3. The Kier molecular flexibility index (Phi) is 5.22. The van der Waals surface area contributed by atoms with Crippen LogP contribution in [0.2, 0.25) is 5.02 Å². The molecule has 3 heterocycles. The van der Waals surface area contributed by atoms with E-state index in [0.717, 1.165) is 15.9 Å². The molecule has 0 spiro atoms. The van der Waals surface area contributed by atoms with Gasteiger partial charge >= 0.3 is 5.97 Å². The number of halogens is 1. The third kappa shape index (κ3) is 4.16. The minimum atomic E-state index is -1.19. The van der Waals surface area contributed by atoms with Crippen LogP contribution in [0, 0.1) is 6.92 Å². The molecule has 10 nitrogen and oxygen atoms in total. The van der Waals surface area contributed by atoms with Crippen molar-refractivity contribution in [3.63, 3.8) is 0 Å². The highest BCUT2D eigenvalue weighted by Crippen LogP contribution is 2.18. The number of carbonyl (C=O) groups is 2. The Morgan fingerprint density at radius 1 is 1.33 bits per heavy atom. The maximum absolute atomic E-state index is 12.4. The molecule has 0 fully saturated rings. The Morgan fingerprint density at radius 3 is 2.90 bits per heavy atom. The van der Waals surface area contributed by atoms with Crippen molar-refractivity contribution in [2.75, 3.05) is 0 Å². The van der Waals surface area contributed by atoms with Gasteiger partial charge in [0.15, 0.2) is 0 Å². The minimum Gasteiger partial charge on any atom is -0.480 e. The number of hydrogen-bond acceptors (Lipinski definition) is 7. The summed E-state index contributed by atoms with van der Waals surface area (Å²) < 4.78 is 1.12. The maximum atomic E-state index is 12.4. The van der Waals surface area contributed by atoms with Crippen molar-refractivity contribution in [2.45, 2.75) is 25.8 Å². The number of amides is 1. The first kappa shape index (κ1) is 20.0. The van der Waals surface area contributed by atoms with E-state index in [-0.39, 0.29) is 18.4 Å². The van der Waals surface area contributed by atoms with Gasteiger partial charge in [0.05, 0.1) is 17.5 Å². The molecule has 0 radical (unpaired) electrons. The van der Waals surface area contributed by atoms with Crippen LogP contribution in [0.15, 0.2) is 29.1 Å². The number of carbonyl (C=O) groups excluding carboxylic acids is 1. The highest BCUT2D eigenvalue weighted by atomic mass is 35.5. The second-order valence-corrected chi connectivity index (χ2v) is 8.09. The van der Waals surface area contributed by atoms with E-state index in [1.165, 1.54) is 6.07 Å². The summed E-state index contributed by atoms with van der Waals surface area (Å²) in [5.74, 6) is -1.32. The predicted molar refractivity (Wildman–Crippen MR) is 110 cm³/mol. The molecule has 0 saturated carbocycles. The highest BCUT2D eigenvalue weighted by molar-refractivity contribution is 7.16. The lowest BCUT2D eigenvalue weighted by molar-refractivity contribution is -0.141. The molecule has 0 unspecified atom stereocenters. The topological polar surface area (TPSA) is 142 Å². The van der Waals surface area contributed by atoms with Gasteiger partial charge in [-0.05, 0) is 25.1 Å². The average molecular weight is 447 g/mol. The molecule has 1 atom stereocenters. The number of nitrogens with one attached hydrogen (secondary N) is 2. The fraction of sp³-hybridized carbons (Fsp3) is 0.222. The molecule has 3 aromatic heterocycles. The molecular weight excluding hydrogens is 432 g/mol. The van der Waals surface area contributed by atoms with Crippen molar-refractivity contribution in [3.05, 3.63) is 56.2 Å². The molecule has 1 amide bonds. The largest absolute Gasteiger partial charge is 0.480 e. The quantitative estimate of drug-likeness (QED) is 0.405. The number of aromatic amines is 1. The summed E-state index contributed by atoms with van der Waals surface area (Å²) in [6, 6.07) is 5.25. The summed E-state index contributed by atoms with van der Waals surface area (Å²) in [7, 11) is 0. The number of aryl methyl sites for hydroxylation is 1. The van der Waals surface area contributed by atoms with Crippen molar-refractivity contribution >= 4 is 50.8 Å². The molecule has 0 aliphatic rings. The van der Waals surface area contributed by atoms with Crippen LogP contribution in [-0.4, -0.2) is 47.6 Å². The van der Waals surface area contributed by atoms with Gasteiger partial charge in [-0.25, -0.2) is 14.8 Å². The molecule has 0 aliphatic carbocycles. The molecule has 12 heteroatoms. The van der Waals surface area contributed by atoms with Crippen LogP contribution in [0.5, 0.6) is 0 Å². The average Bonchev–Trinajstić information content (AvgIpc) is 3.23. The summed E-state index contributed by atoms with van der Waals surface area (Å²) in [5.41, 5.74) is 1.54. The highest BCUT2D eigenvalue weighted by Gasteiger charge is 2.23. The van der Waals surface area contributed by atoms with E-state index in [1.807, 2.05) is 0 Å². The SMILES string of the molecule is Cc1cc(=O)n2nc(CC(=O)N[C@H](Cc3nc4ccc(Cl)cc4[nH]3)C(=O)O)sc2n1. The van der Waals surface area contributed by atoms with Crippen LogP contribution in [0.4, 0.5) is 0 Å². The van der Waals surface area contributed by atoms with Crippen LogP contribution in [0.1, 0.15) is 16.5 Å². The zero-order valence-corrected chi connectivity index (χ0v) is 17.1. The van der Waals surface area contributed by atoms with Gasteiger partial charge in [-0.15, -0.1) is 0 Å². The van der Waals surface area contributed by atoms with Gasteiger partial charge in [-0.2, -0.15) is 9.61 Å². The minimum absolute atomic E-state index is 0.0343. The standard InChI is InChI=1S/C18H15ClN6O4S/c1-8-4-16(27)25-18(20-8)30-15(24-25)7-14(26)23-12(17(28)29)6-13-21-10-3-2-9(19)5-11(10)22-13/h2-5,12H,6-7H2,1H3,(H,21,22)(H,23,26)(H,28,29)/t12-/m1/s1.